The minimum Gasteiger partial charge on any atom is -0.497 e. The first-order valence-corrected chi connectivity index (χ1v) is 9.25. The molecule has 0 N–H and O–H groups in total. The highest BCUT2D eigenvalue weighted by molar-refractivity contribution is 7.88. The zero-order valence-electron chi connectivity index (χ0n) is 13.9. The Labute approximate surface area is 142 Å². The average Bonchev–Trinajstić information content (AvgIpc) is 2.98. The molecule has 1 aliphatic rings. The van der Waals surface area contributed by atoms with Crippen molar-refractivity contribution >= 4 is 15.7 Å². The summed E-state index contributed by atoms with van der Waals surface area (Å²) >= 11 is 0. The molecule has 1 aliphatic carbocycles. The number of fused-ring (bicyclic) bond motifs is 1. The van der Waals surface area contributed by atoms with Crippen molar-refractivity contribution in [3.63, 3.8) is 0 Å². The number of rotatable bonds is 5. The van der Waals surface area contributed by atoms with Gasteiger partial charge in [0.1, 0.15) is 16.7 Å². The molecule has 1 unspecified atom stereocenters. The third-order valence-electron chi connectivity index (χ3n) is 4.27. The molecule has 0 amide bonds. The normalized spacial score (nSPS) is 14.7. The second-order valence-corrected chi connectivity index (χ2v) is 7.78. The molecule has 0 aliphatic heterocycles. The molecular weight excluding hydrogens is 324 g/mol. The summed E-state index contributed by atoms with van der Waals surface area (Å²) in [7, 11) is -2.18. The molecule has 0 spiro atoms. The van der Waals surface area contributed by atoms with Crippen LogP contribution in [0.1, 0.15) is 23.6 Å². The first-order valence-electron chi connectivity index (χ1n) is 7.78. The van der Waals surface area contributed by atoms with Crippen LogP contribution in [-0.2, 0) is 16.5 Å². The van der Waals surface area contributed by atoms with Crippen molar-refractivity contribution in [3.8, 4) is 11.5 Å². The maximum Gasteiger partial charge on any atom is 0.316 e. The van der Waals surface area contributed by atoms with E-state index in [0.29, 0.717) is 11.5 Å². The summed E-state index contributed by atoms with van der Waals surface area (Å²) in [6, 6.07) is 12.7. The maximum absolute atomic E-state index is 12.6. The zero-order chi connectivity index (χ0) is 17.3. The van der Waals surface area contributed by atoms with Gasteiger partial charge < -0.3 is 8.92 Å². The van der Waals surface area contributed by atoms with E-state index in [0.717, 1.165) is 28.7 Å². The topological polar surface area (TPSA) is 52.6 Å². The van der Waals surface area contributed by atoms with E-state index in [-0.39, 0.29) is 0 Å². The smallest absolute Gasteiger partial charge is 0.316 e. The summed E-state index contributed by atoms with van der Waals surface area (Å²) in [5.74, 6) is 1.04. The number of ether oxygens (including phenoxy) is 1. The lowest BCUT2D eigenvalue weighted by Gasteiger charge is -2.17. The van der Waals surface area contributed by atoms with Gasteiger partial charge in [-0.3, -0.25) is 0 Å². The van der Waals surface area contributed by atoms with Crippen LogP contribution in [-0.4, -0.2) is 20.8 Å². The Bertz CT molecular complexity index is 880. The first-order chi connectivity index (χ1) is 11.4. The Morgan fingerprint density at radius 1 is 1.04 bits per heavy atom. The van der Waals surface area contributed by atoms with E-state index < -0.39 is 15.4 Å². The fourth-order valence-electron chi connectivity index (χ4n) is 2.80. The van der Waals surface area contributed by atoms with E-state index >= 15 is 0 Å². The van der Waals surface area contributed by atoms with Gasteiger partial charge in [-0.05, 0) is 61.2 Å². The fraction of sp³-hybridized carbons (Fsp3) is 0.263. The largest absolute Gasteiger partial charge is 0.497 e. The number of methoxy groups -OCH3 is 1. The number of hydrogen-bond acceptors (Lipinski definition) is 4. The quantitative estimate of drug-likeness (QED) is 0.776. The van der Waals surface area contributed by atoms with Gasteiger partial charge in [-0.2, -0.15) is 8.42 Å². The summed E-state index contributed by atoms with van der Waals surface area (Å²) in [5, 5.41) is -0.757. The third kappa shape index (κ3) is 3.17. The van der Waals surface area contributed by atoms with Gasteiger partial charge >= 0.3 is 10.1 Å². The molecule has 0 fully saturated rings. The van der Waals surface area contributed by atoms with Gasteiger partial charge in [0.2, 0.25) is 0 Å². The van der Waals surface area contributed by atoms with Crippen molar-refractivity contribution in [1.82, 2.24) is 0 Å². The highest BCUT2D eigenvalue weighted by atomic mass is 32.2. The monoisotopic (exact) mass is 344 g/mol. The van der Waals surface area contributed by atoms with Crippen molar-refractivity contribution < 1.29 is 17.3 Å². The van der Waals surface area contributed by atoms with Crippen molar-refractivity contribution in [2.45, 2.75) is 25.5 Å². The molecule has 0 radical (unpaired) electrons. The van der Waals surface area contributed by atoms with Gasteiger partial charge in [0.05, 0.1) is 7.11 Å². The second kappa shape index (κ2) is 6.32. The van der Waals surface area contributed by atoms with Gasteiger partial charge in [-0.25, -0.2) is 0 Å². The van der Waals surface area contributed by atoms with E-state index in [1.165, 1.54) is 0 Å². The molecule has 2 aromatic carbocycles. The minimum atomic E-state index is -3.78. The average molecular weight is 344 g/mol. The third-order valence-corrected chi connectivity index (χ3v) is 5.82. The predicted molar refractivity (Wildman–Crippen MR) is 94.9 cm³/mol. The summed E-state index contributed by atoms with van der Waals surface area (Å²) in [6.45, 7) is 3.60. The predicted octanol–water partition coefficient (Wildman–Crippen LogP) is 3.74. The Balaban J connectivity index is 1.87. The zero-order valence-corrected chi connectivity index (χ0v) is 14.8. The number of allylic oxidation sites excluding steroid dienone is 1. The van der Waals surface area contributed by atoms with Crippen LogP contribution in [0.25, 0.3) is 5.57 Å². The van der Waals surface area contributed by atoms with Gasteiger partial charge in [-0.1, -0.05) is 29.8 Å². The van der Waals surface area contributed by atoms with Crippen LogP contribution in [0.5, 0.6) is 11.5 Å². The van der Waals surface area contributed by atoms with E-state index in [9.17, 15) is 8.42 Å². The summed E-state index contributed by atoms with van der Waals surface area (Å²) in [6.07, 6.45) is 2.67. The van der Waals surface area contributed by atoms with Crippen LogP contribution in [0.15, 0.2) is 48.5 Å². The Morgan fingerprint density at radius 2 is 1.71 bits per heavy atom. The highest BCUT2D eigenvalue weighted by Gasteiger charge is 2.31. The summed E-state index contributed by atoms with van der Waals surface area (Å²) < 4.78 is 35.8. The number of aryl methyl sites for hydroxylation is 1. The standard InChI is InChI=1S/C19H20O4S/c1-13-4-8-16(9-5-13)23-24(20,21)14(2)18-11-7-15-6-10-17(22-3)12-19(15)18/h4-6,8-12,14H,7H2,1-3H3. The lowest BCUT2D eigenvalue weighted by Crippen LogP contribution is -2.24. The molecule has 24 heavy (non-hydrogen) atoms. The molecule has 1 atom stereocenters. The molecule has 5 heteroatoms. The molecule has 0 saturated heterocycles. The molecule has 126 valence electrons. The van der Waals surface area contributed by atoms with Gasteiger partial charge in [0, 0.05) is 0 Å². The SMILES string of the molecule is COc1ccc2c(c1)C(C(C)S(=O)(=O)Oc1ccc(C)cc1)=CC2. The summed E-state index contributed by atoms with van der Waals surface area (Å²) in [5.41, 5.74) is 3.82. The highest BCUT2D eigenvalue weighted by Crippen LogP contribution is 2.35. The fourth-order valence-corrected chi connectivity index (χ4v) is 3.86. The lowest BCUT2D eigenvalue weighted by molar-refractivity contribution is 0.414. The number of hydrogen-bond donors (Lipinski definition) is 0. The molecule has 0 aromatic heterocycles. The minimum absolute atomic E-state index is 0.330. The van der Waals surface area contributed by atoms with Gasteiger partial charge in [0.25, 0.3) is 0 Å². The number of benzene rings is 2. The molecule has 2 aromatic rings. The van der Waals surface area contributed by atoms with Crippen LogP contribution in [0.2, 0.25) is 0 Å². The molecule has 0 heterocycles. The molecule has 3 rings (SSSR count). The van der Waals surface area contributed by atoms with Crippen molar-refractivity contribution in [2.75, 3.05) is 7.11 Å². The molecule has 4 nitrogen and oxygen atoms in total. The Hall–Kier alpha value is -2.27. The Kier molecular flexibility index (Phi) is 4.37. The van der Waals surface area contributed by atoms with Crippen LogP contribution in [0, 0.1) is 6.92 Å². The van der Waals surface area contributed by atoms with Crippen LogP contribution >= 0.6 is 0 Å². The van der Waals surface area contributed by atoms with Crippen LogP contribution in [0.3, 0.4) is 0 Å². The van der Waals surface area contributed by atoms with Crippen molar-refractivity contribution in [3.05, 3.63) is 65.2 Å². The van der Waals surface area contributed by atoms with Gasteiger partial charge in [0.15, 0.2) is 0 Å². The van der Waals surface area contributed by atoms with E-state index in [2.05, 4.69) is 0 Å². The van der Waals surface area contributed by atoms with Crippen molar-refractivity contribution in [1.29, 1.82) is 0 Å². The van der Waals surface area contributed by atoms with Gasteiger partial charge in [-0.15, -0.1) is 0 Å². The lowest BCUT2D eigenvalue weighted by atomic mass is 10.0. The molecule has 0 bridgehead atoms. The van der Waals surface area contributed by atoms with E-state index in [1.807, 2.05) is 43.3 Å². The van der Waals surface area contributed by atoms with Crippen LogP contribution < -0.4 is 8.92 Å². The molecule has 0 saturated carbocycles. The van der Waals surface area contributed by atoms with Crippen LogP contribution in [0.4, 0.5) is 0 Å². The summed E-state index contributed by atoms with van der Waals surface area (Å²) in [4.78, 5) is 0. The first kappa shape index (κ1) is 16.6. The maximum atomic E-state index is 12.6. The Morgan fingerprint density at radius 3 is 2.38 bits per heavy atom. The second-order valence-electron chi connectivity index (χ2n) is 5.92. The van der Waals surface area contributed by atoms with Crippen molar-refractivity contribution in [2.24, 2.45) is 0 Å². The molecular formula is C19H20O4S. The van der Waals surface area contributed by atoms with E-state index in [4.69, 9.17) is 8.92 Å². The van der Waals surface area contributed by atoms with E-state index in [1.54, 1.807) is 26.2 Å².